The number of rotatable bonds is 7. The van der Waals surface area contributed by atoms with Crippen molar-refractivity contribution in [3.05, 3.63) is 89.7 Å². The Labute approximate surface area is 221 Å². The van der Waals surface area contributed by atoms with E-state index in [4.69, 9.17) is 16.3 Å². The molecule has 3 aromatic rings. The number of amides is 1. The van der Waals surface area contributed by atoms with Gasteiger partial charge in [0.05, 0.1) is 34.3 Å². The minimum Gasteiger partial charge on any atom is -0.484 e. The van der Waals surface area contributed by atoms with Gasteiger partial charge in [-0.1, -0.05) is 41.9 Å². The van der Waals surface area contributed by atoms with Crippen molar-refractivity contribution in [2.24, 2.45) is 0 Å². The number of ether oxygens (including phenoxy) is 1. The van der Waals surface area contributed by atoms with E-state index < -0.39 is 38.6 Å². The van der Waals surface area contributed by atoms with Crippen molar-refractivity contribution in [3.8, 4) is 16.9 Å². The van der Waals surface area contributed by atoms with Crippen LogP contribution >= 0.6 is 11.6 Å². The summed E-state index contributed by atoms with van der Waals surface area (Å²) < 4.78 is 88.3. The Morgan fingerprint density at radius 2 is 1.89 bits per heavy atom. The molecule has 1 amide bonds. The van der Waals surface area contributed by atoms with Crippen LogP contribution < -0.4 is 14.4 Å². The third-order valence-corrected chi connectivity index (χ3v) is 7.92. The molecule has 200 valence electrons. The highest BCUT2D eigenvalue weighted by atomic mass is 35.5. The van der Waals surface area contributed by atoms with Crippen LogP contribution in [0.25, 0.3) is 11.1 Å². The van der Waals surface area contributed by atoms with E-state index in [9.17, 15) is 30.8 Å². The molecule has 0 spiro atoms. The Morgan fingerprint density at radius 3 is 2.61 bits per heavy atom. The van der Waals surface area contributed by atoms with Crippen molar-refractivity contribution in [2.75, 3.05) is 17.4 Å². The number of nitrogens with one attached hydrogen (secondary N) is 1. The quantitative estimate of drug-likeness (QED) is 0.288. The molecule has 0 radical (unpaired) electrons. The standard InChI is InChI=1S/C26H21ClF4N2O4S/c1-2-5-24(34)32-14-18-15-33(38(35,36)19-7-3-6-17(13-19)26(29,30)31)22-12-16(10-11-23(22)37-18)20-8-4-9-21(28)25(20)27/h2-4,6-13,18H,1,5,14-15H2,(H,32,34). The second-order valence-electron chi connectivity index (χ2n) is 8.38. The number of carbonyl (C=O) groups excluding carboxylic acids is 1. The van der Waals surface area contributed by atoms with Crippen LogP contribution in [0.1, 0.15) is 12.0 Å². The summed E-state index contributed by atoms with van der Waals surface area (Å²) >= 11 is 6.12. The smallest absolute Gasteiger partial charge is 0.416 e. The minimum absolute atomic E-state index is 0.0221. The molecule has 1 unspecified atom stereocenters. The summed E-state index contributed by atoms with van der Waals surface area (Å²) in [4.78, 5) is 11.3. The number of fused-ring (bicyclic) bond motifs is 1. The molecule has 1 atom stereocenters. The fourth-order valence-corrected chi connectivity index (χ4v) is 5.71. The van der Waals surface area contributed by atoms with Crippen LogP contribution in [0.4, 0.5) is 23.2 Å². The first-order valence-corrected chi connectivity index (χ1v) is 13.1. The Morgan fingerprint density at radius 1 is 1.16 bits per heavy atom. The zero-order chi connectivity index (χ0) is 27.7. The van der Waals surface area contributed by atoms with E-state index in [-0.39, 0.29) is 47.4 Å². The number of sulfonamides is 1. The topological polar surface area (TPSA) is 75.7 Å². The lowest BCUT2D eigenvalue weighted by Crippen LogP contribution is -2.48. The van der Waals surface area contributed by atoms with E-state index in [1.165, 1.54) is 30.3 Å². The number of benzene rings is 3. The van der Waals surface area contributed by atoms with Crippen LogP contribution in [-0.4, -0.2) is 33.5 Å². The summed E-state index contributed by atoms with van der Waals surface area (Å²) in [6.45, 7) is 3.09. The zero-order valence-corrected chi connectivity index (χ0v) is 21.2. The third-order valence-electron chi connectivity index (χ3n) is 5.76. The van der Waals surface area contributed by atoms with E-state index in [1.807, 2.05) is 0 Å². The van der Waals surface area contributed by atoms with Gasteiger partial charge in [0, 0.05) is 12.0 Å². The van der Waals surface area contributed by atoms with Crippen molar-refractivity contribution >= 4 is 33.2 Å². The highest BCUT2D eigenvalue weighted by Gasteiger charge is 2.37. The molecular weight excluding hydrogens is 548 g/mol. The molecule has 4 rings (SSSR count). The van der Waals surface area contributed by atoms with E-state index in [0.29, 0.717) is 11.6 Å². The number of nitrogens with zero attached hydrogens (tertiary/aromatic N) is 1. The van der Waals surface area contributed by atoms with E-state index in [0.717, 1.165) is 22.5 Å². The Kier molecular flexibility index (Phi) is 7.70. The van der Waals surface area contributed by atoms with E-state index in [2.05, 4.69) is 11.9 Å². The molecule has 0 saturated heterocycles. The normalized spacial score (nSPS) is 15.4. The largest absolute Gasteiger partial charge is 0.484 e. The number of alkyl halides is 3. The van der Waals surface area contributed by atoms with Gasteiger partial charge in [0.1, 0.15) is 17.7 Å². The molecule has 0 aromatic heterocycles. The molecule has 0 fully saturated rings. The van der Waals surface area contributed by atoms with Gasteiger partial charge in [-0.3, -0.25) is 9.10 Å². The van der Waals surface area contributed by atoms with Gasteiger partial charge < -0.3 is 10.1 Å². The Hall–Kier alpha value is -3.57. The van der Waals surface area contributed by atoms with Gasteiger partial charge in [0.25, 0.3) is 10.0 Å². The zero-order valence-electron chi connectivity index (χ0n) is 19.6. The average Bonchev–Trinajstić information content (AvgIpc) is 2.88. The summed E-state index contributed by atoms with van der Waals surface area (Å²) in [5, 5.41) is 2.43. The molecule has 1 N–H and O–H groups in total. The van der Waals surface area contributed by atoms with Crippen molar-refractivity contribution in [3.63, 3.8) is 0 Å². The fraction of sp³-hybridized carbons (Fsp3) is 0.192. The van der Waals surface area contributed by atoms with Crippen LogP contribution in [0.3, 0.4) is 0 Å². The predicted molar refractivity (Wildman–Crippen MR) is 135 cm³/mol. The van der Waals surface area contributed by atoms with Gasteiger partial charge in [-0.2, -0.15) is 13.2 Å². The molecule has 6 nitrogen and oxygen atoms in total. The first kappa shape index (κ1) is 27.5. The molecule has 0 saturated carbocycles. The lowest BCUT2D eigenvalue weighted by Gasteiger charge is -2.36. The lowest BCUT2D eigenvalue weighted by molar-refractivity contribution is -0.137. The van der Waals surface area contributed by atoms with Crippen molar-refractivity contribution in [1.29, 1.82) is 0 Å². The van der Waals surface area contributed by atoms with Crippen LogP contribution in [0, 0.1) is 5.82 Å². The van der Waals surface area contributed by atoms with Gasteiger partial charge in [0.15, 0.2) is 0 Å². The summed E-state index contributed by atoms with van der Waals surface area (Å²) in [5.41, 5.74) is -0.460. The maximum atomic E-state index is 14.1. The number of anilines is 1. The van der Waals surface area contributed by atoms with E-state index >= 15 is 0 Å². The summed E-state index contributed by atoms with van der Waals surface area (Å²) in [6, 6.07) is 12.0. The van der Waals surface area contributed by atoms with Crippen LogP contribution in [0.2, 0.25) is 5.02 Å². The second-order valence-corrected chi connectivity index (χ2v) is 10.6. The molecule has 1 aliphatic rings. The third kappa shape index (κ3) is 5.63. The number of hydrogen-bond donors (Lipinski definition) is 1. The Balaban J connectivity index is 1.80. The van der Waals surface area contributed by atoms with Gasteiger partial charge in [-0.25, -0.2) is 12.8 Å². The van der Waals surface area contributed by atoms with Gasteiger partial charge >= 0.3 is 6.18 Å². The molecular formula is C26H21ClF4N2O4S. The maximum Gasteiger partial charge on any atom is 0.416 e. The monoisotopic (exact) mass is 568 g/mol. The molecule has 1 aliphatic heterocycles. The van der Waals surface area contributed by atoms with Gasteiger partial charge in [-0.05, 0) is 42.0 Å². The van der Waals surface area contributed by atoms with Crippen molar-refractivity contribution < 1.29 is 35.5 Å². The van der Waals surface area contributed by atoms with Crippen molar-refractivity contribution in [1.82, 2.24) is 5.32 Å². The first-order valence-electron chi connectivity index (χ1n) is 11.2. The minimum atomic E-state index is -4.76. The maximum absolute atomic E-state index is 14.1. The lowest BCUT2D eigenvalue weighted by atomic mass is 10.0. The van der Waals surface area contributed by atoms with Gasteiger partial charge in [0.2, 0.25) is 5.91 Å². The molecule has 12 heteroatoms. The molecule has 38 heavy (non-hydrogen) atoms. The van der Waals surface area contributed by atoms with E-state index in [1.54, 1.807) is 12.1 Å². The van der Waals surface area contributed by atoms with Crippen LogP contribution in [0.5, 0.6) is 5.75 Å². The number of hydrogen-bond acceptors (Lipinski definition) is 4. The van der Waals surface area contributed by atoms with Crippen molar-refractivity contribution in [2.45, 2.75) is 23.6 Å². The summed E-state index contributed by atoms with van der Waals surface area (Å²) in [5.74, 6) is -0.939. The average molecular weight is 569 g/mol. The van der Waals surface area contributed by atoms with Crippen LogP contribution in [0.15, 0.2) is 78.2 Å². The first-order chi connectivity index (χ1) is 17.9. The molecule has 1 heterocycles. The second kappa shape index (κ2) is 10.7. The van der Waals surface area contributed by atoms with Gasteiger partial charge in [-0.15, -0.1) is 6.58 Å². The Bertz CT molecular complexity index is 1490. The highest BCUT2D eigenvalue weighted by Crippen LogP contribution is 2.42. The fourth-order valence-electron chi connectivity index (χ4n) is 3.93. The number of carbonyl (C=O) groups is 1. The molecule has 0 bridgehead atoms. The molecule has 0 aliphatic carbocycles. The highest BCUT2D eigenvalue weighted by molar-refractivity contribution is 7.92. The molecule has 3 aromatic carbocycles. The summed E-state index contributed by atoms with van der Waals surface area (Å²) in [7, 11) is -4.54. The predicted octanol–water partition coefficient (Wildman–Crippen LogP) is 5.81. The summed E-state index contributed by atoms with van der Waals surface area (Å²) in [6.07, 6.45) is -4.18. The number of halogens is 5. The SMILES string of the molecule is C=CCC(=O)NCC1CN(S(=O)(=O)c2cccc(C(F)(F)F)c2)c2cc(-c3cccc(F)c3Cl)ccc2O1. The van der Waals surface area contributed by atoms with Crippen LogP contribution in [-0.2, 0) is 21.0 Å².